The van der Waals surface area contributed by atoms with E-state index in [4.69, 9.17) is 4.74 Å². The first-order valence-electron chi connectivity index (χ1n) is 9.10. The molecule has 0 fully saturated rings. The first kappa shape index (κ1) is 21.1. The summed E-state index contributed by atoms with van der Waals surface area (Å²) in [5, 5.41) is 8.42. The fourth-order valence-electron chi connectivity index (χ4n) is 3.03. The molecule has 0 saturated heterocycles. The van der Waals surface area contributed by atoms with Crippen molar-refractivity contribution in [3.63, 3.8) is 0 Å². The molecular formula is C21H14F4N4O3. The molecule has 0 aliphatic carbocycles. The minimum atomic E-state index is -4.96. The van der Waals surface area contributed by atoms with Crippen molar-refractivity contribution < 1.29 is 27.0 Å². The number of methoxy groups -OCH3 is 1. The summed E-state index contributed by atoms with van der Waals surface area (Å²) >= 11 is 0. The standard InChI is InChI=1S/C21H14F4N4O3/c1-31-18-12-28(16-8-7-14(11-15(16)22)32-21(23,24)25)27-19(20(18)30)17-9-10-26-29(17)13-5-3-2-4-6-13/h2-12H,1H3. The van der Waals surface area contributed by atoms with Crippen molar-refractivity contribution in [1.82, 2.24) is 19.6 Å². The number of benzene rings is 2. The van der Waals surface area contributed by atoms with Crippen LogP contribution >= 0.6 is 0 Å². The van der Waals surface area contributed by atoms with E-state index < -0.39 is 23.4 Å². The van der Waals surface area contributed by atoms with Gasteiger partial charge in [-0.2, -0.15) is 10.2 Å². The molecule has 2 heterocycles. The maximum Gasteiger partial charge on any atom is 0.573 e. The lowest BCUT2D eigenvalue weighted by Gasteiger charge is -2.14. The van der Waals surface area contributed by atoms with Crippen LogP contribution in [0.1, 0.15) is 0 Å². The number of alkyl halides is 3. The third-order valence-corrected chi connectivity index (χ3v) is 4.39. The topological polar surface area (TPSA) is 71.2 Å². The molecule has 0 aliphatic heterocycles. The van der Waals surface area contributed by atoms with E-state index in [1.165, 1.54) is 18.0 Å². The predicted octanol–water partition coefficient (Wildman–Crippen LogP) is 4.13. The van der Waals surface area contributed by atoms with Crippen molar-refractivity contribution in [1.29, 1.82) is 0 Å². The Hall–Kier alpha value is -4.15. The van der Waals surface area contributed by atoms with E-state index in [1.54, 1.807) is 30.3 Å². The molecule has 0 radical (unpaired) electrons. The Morgan fingerprint density at radius 1 is 1.03 bits per heavy atom. The van der Waals surface area contributed by atoms with Crippen molar-refractivity contribution in [2.45, 2.75) is 6.36 Å². The summed E-state index contributed by atoms with van der Waals surface area (Å²) < 4.78 is 63.2. The van der Waals surface area contributed by atoms with Crippen LogP contribution in [0.15, 0.2) is 71.8 Å². The average Bonchev–Trinajstić information content (AvgIpc) is 3.23. The number of hydrogen-bond acceptors (Lipinski definition) is 5. The van der Waals surface area contributed by atoms with Gasteiger partial charge in [0.2, 0.25) is 0 Å². The number of para-hydroxylation sites is 1. The van der Waals surface area contributed by atoms with Gasteiger partial charge in [-0.25, -0.2) is 13.8 Å². The summed E-state index contributed by atoms with van der Waals surface area (Å²) in [4.78, 5) is 12.9. The zero-order valence-electron chi connectivity index (χ0n) is 16.4. The van der Waals surface area contributed by atoms with Crippen LogP contribution in [-0.4, -0.2) is 33.0 Å². The van der Waals surface area contributed by atoms with E-state index in [-0.39, 0.29) is 17.1 Å². The van der Waals surface area contributed by atoms with Crippen LogP contribution in [0.5, 0.6) is 11.5 Å². The molecule has 0 amide bonds. The molecule has 0 aliphatic rings. The molecule has 0 N–H and O–H groups in total. The van der Waals surface area contributed by atoms with Gasteiger partial charge < -0.3 is 9.47 Å². The molecule has 7 nitrogen and oxygen atoms in total. The number of nitrogens with zero attached hydrogens (tertiary/aromatic N) is 4. The monoisotopic (exact) mass is 446 g/mol. The summed E-state index contributed by atoms with van der Waals surface area (Å²) in [5.74, 6) is -1.92. The highest BCUT2D eigenvalue weighted by atomic mass is 19.4. The van der Waals surface area contributed by atoms with Gasteiger partial charge >= 0.3 is 6.36 Å². The molecule has 2 aromatic carbocycles. The molecular weight excluding hydrogens is 432 g/mol. The van der Waals surface area contributed by atoms with E-state index >= 15 is 0 Å². The van der Waals surface area contributed by atoms with Crippen molar-refractivity contribution in [2.24, 2.45) is 0 Å². The maximum atomic E-state index is 14.6. The minimum Gasteiger partial charge on any atom is -0.491 e. The van der Waals surface area contributed by atoms with Crippen LogP contribution in [0.2, 0.25) is 0 Å². The number of halogens is 4. The largest absolute Gasteiger partial charge is 0.573 e. The van der Waals surface area contributed by atoms with Crippen molar-refractivity contribution in [3.8, 4) is 34.3 Å². The molecule has 32 heavy (non-hydrogen) atoms. The van der Waals surface area contributed by atoms with Crippen LogP contribution < -0.4 is 14.9 Å². The van der Waals surface area contributed by atoms with Crippen LogP contribution in [-0.2, 0) is 0 Å². The van der Waals surface area contributed by atoms with E-state index in [0.29, 0.717) is 17.4 Å². The van der Waals surface area contributed by atoms with Crippen molar-refractivity contribution in [2.75, 3.05) is 7.11 Å². The Balaban J connectivity index is 1.84. The van der Waals surface area contributed by atoms with E-state index in [2.05, 4.69) is 14.9 Å². The summed E-state index contributed by atoms with van der Waals surface area (Å²) in [6.45, 7) is 0. The van der Waals surface area contributed by atoms with Crippen molar-refractivity contribution >= 4 is 0 Å². The molecule has 0 bridgehead atoms. The Bertz CT molecular complexity index is 1320. The van der Waals surface area contributed by atoms with Crippen LogP contribution in [0, 0.1) is 5.82 Å². The van der Waals surface area contributed by atoms with Gasteiger partial charge in [-0.1, -0.05) is 18.2 Å². The van der Waals surface area contributed by atoms with E-state index in [9.17, 15) is 22.4 Å². The predicted molar refractivity (Wildman–Crippen MR) is 106 cm³/mol. The number of ether oxygens (including phenoxy) is 2. The third-order valence-electron chi connectivity index (χ3n) is 4.39. The lowest BCUT2D eigenvalue weighted by molar-refractivity contribution is -0.274. The molecule has 11 heteroatoms. The maximum absolute atomic E-state index is 14.6. The zero-order valence-corrected chi connectivity index (χ0v) is 16.4. The van der Waals surface area contributed by atoms with Gasteiger partial charge in [-0.05, 0) is 30.3 Å². The Labute approximate surface area is 178 Å². The van der Waals surface area contributed by atoms with Gasteiger partial charge in [0.05, 0.1) is 30.9 Å². The summed E-state index contributed by atoms with van der Waals surface area (Å²) in [7, 11) is 1.26. The fourth-order valence-corrected chi connectivity index (χ4v) is 3.03. The number of hydrogen-bond donors (Lipinski definition) is 0. The molecule has 0 saturated carbocycles. The molecule has 4 rings (SSSR count). The van der Waals surface area contributed by atoms with E-state index in [0.717, 1.165) is 23.0 Å². The molecule has 0 atom stereocenters. The smallest absolute Gasteiger partial charge is 0.491 e. The quantitative estimate of drug-likeness (QED) is 0.431. The molecule has 164 valence electrons. The van der Waals surface area contributed by atoms with Crippen LogP contribution in [0.3, 0.4) is 0 Å². The second-order valence-corrected chi connectivity index (χ2v) is 6.44. The Morgan fingerprint density at radius 3 is 2.44 bits per heavy atom. The lowest BCUT2D eigenvalue weighted by atomic mass is 10.2. The van der Waals surface area contributed by atoms with Gasteiger partial charge in [-0.3, -0.25) is 4.79 Å². The molecule has 4 aromatic rings. The van der Waals surface area contributed by atoms with Crippen LogP contribution in [0.25, 0.3) is 22.8 Å². The molecule has 0 spiro atoms. The fraction of sp³-hybridized carbons (Fsp3) is 0.0952. The third kappa shape index (κ3) is 4.17. The first-order valence-corrected chi connectivity index (χ1v) is 9.10. The zero-order chi connectivity index (χ0) is 22.9. The average molecular weight is 446 g/mol. The Morgan fingerprint density at radius 2 is 1.78 bits per heavy atom. The van der Waals surface area contributed by atoms with Gasteiger partial charge in [0.15, 0.2) is 17.3 Å². The number of rotatable bonds is 5. The summed E-state index contributed by atoms with van der Waals surface area (Å²) in [6, 6.07) is 13.1. The van der Waals surface area contributed by atoms with Gasteiger partial charge in [0.1, 0.15) is 11.4 Å². The highest BCUT2D eigenvalue weighted by molar-refractivity contribution is 5.59. The normalized spacial score (nSPS) is 11.4. The minimum absolute atomic E-state index is 0.0966. The Kier molecular flexibility index (Phi) is 5.39. The van der Waals surface area contributed by atoms with E-state index in [1.807, 2.05) is 6.07 Å². The highest BCUT2D eigenvalue weighted by Crippen LogP contribution is 2.27. The van der Waals surface area contributed by atoms with Gasteiger partial charge in [0.25, 0.3) is 5.43 Å². The highest BCUT2D eigenvalue weighted by Gasteiger charge is 2.31. The molecule has 0 unspecified atom stereocenters. The number of aromatic nitrogens is 4. The first-order chi connectivity index (χ1) is 15.3. The van der Waals surface area contributed by atoms with Gasteiger partial charge in [0, 0.05) is 6.07 Å². The second-order valence-electron chi connectivity index (χ2n) is 6.44. The molecule has 2 aromatic heterocycles. The van der Waals surface area contributed by atoms with Gasteiger partial charge in [-0.15, -0.1) is 13.2 Å². The second kappa shape index (κ2) is 8.17. The SMILES string of the molecule is COc1cn(-c2ccc(OC(F)(F)F)cc2F)nc(-c2ccnn2-c2ccccc2)c1=O. The van der Waals surface area contributed by atoms with Crippen LogP contribution in [0.4, 0.5) is 17.6 Å². The summed E-state index contributed by atoms with van der Waals surface area (Å²) in [5.41, 5.74) is 0.0821. The summed E-state index contributed by atoms with van der Waals surface area (Å²) in [6.07, 6.45) is -2.36. The lowest BCUT2D eigenvalue weighted by Crippen LogP contribution is -2.19. The van der Waals surface area contributed by atoms with Crippen molar-refractivity contribution in [3.05, 3.63) is 83.0 Å².